The predicted molar refractivity (Wildman–Crippen MR) is 65.9 cm³/mol. The van der Waals surface area contributed by atoms with Gasteiger partial charge in [-0.1, -0.05) is 48.0 Å². The van der Waals surface area contributed by atoms with Crippen LogP contribution in [0.25, 0.3) is 0 Å². The monoisotopic (exact) mass is 248 g/mol. The van der Waals surface area contributed by atoms with Crippen molar-refractivity contribution >= 4 is 17.4 Å². The maximum atomic E-state index is 13.5. The van der Waals surface area contributed by atoms with E-state index in [1.807, 2.05) is 30.3 Å². The molecule has 0 aliphatic heterocycles. The summed E-state index contributed by atoms with van der Waals surface area (Å²) in [6.45, 7) is 0. The number of rotatable bonds is 3. The molecular weight excluding hydrogens is 239 g/mol. The van der Waals surface area contributed by atoms with Gasteiger partial charge in [0, 0.05) is 6.42 Å². The van der Waals surface area contributed by atoms with Crippen molar-refractivity contribution in [2.75, 3.05) is 0 Å². The average Bonchev–Trinajstić information content (AvgIpc) is 2.30. The molecule has 0 aliphatic rings. The predicted octanol–water partition coefficient (Wildman–Crippen LogP) is 3.90. The molecule has 2 aromatic carbocycles. The van der Waals surface area contributed by atoms with Crippen molar-refractivity contribution < 1.29 is 9.18 Å². The summed E-state index contributed by atoms with van der Waals surface area (Å²) < 4.78 is 13.5. The maximum Gasteiger partial charge on any atom is 0.171 e. The van der Waals surface area contributed by atoms with Crippen LogP contribution in [0.5, 0.6) is 0 Å². The number of benzene rings is 2. The van der Waals surface area contributed by atoms with Crippen LogP contribution in [0.15, 0.2) is 48.5 Å². The largest absolute Gasteiger partial charge is 0.294 e. The van der Waals surface area contributed by atoms with Gasteiger partial charge in [-0.2, -0.15) is 0 Å². The molecular formula is C14H10ClFO. The van der Waals surface area contributed by atoms with Gasteiger partial charge < -0.3 is 0 Å². The molecule has 0 unspecified atom stereocenters. The van der Waals surface area contributed by atoms with Gasteiger partial charge in [0.25, 0.3) is 0 Å². The Morgan fingerprint density at radius 2 is 1.76 bits per heavy atom. The van der Waals surface area contributed by atoms with E-state index in [1.54, 1.807) is 0 Å². The highest BCUT2D eigenvalue weighted by Gasteiger charge is 2.15. The molecule has 0 spiro atoms. The summed E-state index contributed by atoms with van der Waals surface area (Å²) in [6.07, 6.45) is 0.154. The first-order valence-electron chi connectivity index (χ1n) is 5.19. The van der Waals surface area contributed by atoms with E-state index in [-0.39, 0.29) is 22.8 Å². The fraction of sp³-hybridized carbons (Fsp3) is 0.0714. The van der Waals surface area contributed by atoms with E-state index in [2.05, 4.69) is 0 Å². The van der Waals surface area contributed by atoms with Crippen molar-refractivity contribution in [3.8, 4) is 0 Å². The topological polar surface area (TPSA) is 17.1 Å². The van der Waals surface area contributed by atoms with Gasteiger partial charge >= 0.3 is 0 Å². The summed E-state index contributed by atoms with van der Waals surface area (Å²) in [5, 5.41) is 0.158. The quantitative estimate of drug-likeness (QED) is 0.753. The van der Waals surface area contributed by atoms with E-state index in [0.717, 1.165) is 5.56 Å². The summed E-state index contributed by atoms with van der Waals surface area (Å²) in [4.78, 5) is 11.9. The van der Waals surface area contributed by atoms with Gasteiger partial charge in [0.1, 0.15) is 5.82 Å². The van der Waals surface area contributed by atoms with Crippen LogP contribution in [0.1, 0.15) is 15.9 Å². The Hall–Kier alpha value is -1.67. The standard InChI is InChI=1S/C14H10ClFO/c15-11-7-4-8-12(16)14(11)13(17)9-10-5-2-1-3-6-10/h1-8H,9H2. The van der Waals surface area contributed by atoms with Crippen molar-refractivity contribution in [1.82, 2.24) is 0 Å². The second kappa shape index (κ2) is 5.11. The molecule has 0 saturated heterocycles. The van der Waals surface area contributed by atoms with Crippen LogP contribution in [0.3, 0.4) is 0 Å². The fourth-order valence-corrected chi connectivity index (χ4v) is 1.90. The number of carbonyl (C=O) groups excluding carboxylic acids is 1. The lowest BCUT2D eigenvalue weighted by molar-refractivity contribution is 0.0989. The van der Waals surface area contributed by atoms with Gasteiger partial charge in [-0.05, 0) is 17.7 Å². The normalized spacial score (nSPS) is 10.2. The SMILES string of the molecule is O=C(Cc1ccccc1)c1c(F)cccc1Cl. The van der Waals surface area contributed by atoms with E-state index in [4.69, 9.17) is 11.6 Å². The van der Waals surface area contributed by atoms with Crippen LogP contribution in [0.2, 0.25) is 5.02 Å². The molecule has 0 amide bonds. The average molecular weight is 249 g/mol. The van der Waals surface area contributed by atoms with Gasteiger partial charge in [-0.3, -0.25) is 4.79 Å². The zero-order valence-electron chi connectivity index (χ0n) is 8.99. The number of ketones is 1. The van der Waals surface area contributed by atoms with E-state index in [1.165, 1.54) is 18.2 Å². The zero-order valence-corrected chi connectivity index (χ0v) is 9.75. The van der Waals surface area contributed by atoms with E-state index in [0.29, 0.717) is 0 Å². The lowest BCUT2D eigenvalue weighted by atomic mass is 10.0. The van der Waals surface area contributed by atoms with Crippen molar-refractivity contribution in [3.05, 3.63) is 70.5 Å². The molecule has 0 N–H and O–H groups in total. The molecule has 2 rings (SSSR count). The number of carbonyl (C=O) groups is 1. The van der Waals surface area contributed by atoms with Crippen molar-refractivity contribution in [2.24, 2.45) is 0 Å². The molecule has 0 saturated carbocycles. The Balaban J connectivity index is 2.27. The first-order valence-corrected chi connectivity index (χ1v) is 5.57. The van der Waals surface area contributed by atoms with Crippen LogP contribution in [0, 0.1) is 5.82 Å². The second-order valence-corrected chi connectivity index (χ2v) is 4.09. The second-order valence-electron chi connectivity index (χ2n) is 3.68. The molecule has 0 aliphatic carbocycles. The Bertz CT molecular complexity index is 517. The van der Waals surface area contributed by atoms with E-state index < -0.39 is 5.82 Å². The Kier molecular flexibility index (Phi) is 3.55. The number of halogens is 2. The van der Waals surface area contributed by atoms with Crippen LogP contribution >= 0.6 is 11.6 Å². The molecule has 0 aromatic heterocycles. The minimum atomic E-state index is -0.571. The number of Topliss-reactive ketones (excluding diaryl/α,β-unsaturated/α-hetero) is 1. The smallest absolute Gasteiger partial charge is 0.171 e. The summed E-state index contributed by atoms with van der Waals surface area (Å²) in [5.41, 5.74) is 0.815. The van der Waals surface area contributed by atoms with Crippen LogP contribution < -0.4 is 0 Å². The molecule has 2 aromatic rings. The van der Waals surface area contributed by atoms with Crippen LogP contribution in [-0.2, 0) is 6.42 Å². The lowest BCUT2D eigenvalue weighted by Gasteiger charge is -2.04. The van der Waals surface area contributed by atoms with Gasteiger partial charge in [0.05, 0.1) is 10.6 Å². The Morgan fingerprint density at radius 1 is 1.06 bits per heavy atom. The Morgan fingerprint density at radius 3 is 2.41 bits per heavy atom. The third-order valence-corrected chi connectivity index (χ3v) is 2.76. The molecule has 86 valence electrons. The van der Waals surface area contributed by atoms with Gasteiger partial charge in [-0.25, -0.2) is 4.39 Å². The minimum Gasteiger partial charge on any atom is -0.294 e. The van der Waals surface area contributed by atoms with Crippen LogP contribution in [-0.4, -0.2) is 5.78 Å². The summed E-state index contributed by atoms with van der Waals surface area (Å²) in [7, 11) is 0. The van der Waals surface area contributed by atoms with Gasteiger partial charge in [0.15, 0.2) is 5.78 Å². The third kappa shape index (κ3) is 2.71. The molecule has 0 radical (unpaired) electrons. The molecule has 17 heavy (non-hydrogen) atoms. The summed E-state index contributed by atoms with van der Waals surface area (Å²) in [5.74, 6) is -0.877. The van der Waals surface area contributed by atoms with Crippen LogP contribution in [0.4, 0.5) is 4.39 Å². The summed E-state index contributed by atoms with van der Waals surface area (Å²) in [6, 6.07) is 13.4. The molecule has 1 nitrogen and oxygen atoms in total. The van der Waals surface area contributed by atoms with Crippen molar-refractivity contribution in [2.45, 2.75) is 6.42 Å². The fourth-order valence-electron chi connectivity index (χ4n) is 1.63. The molecule has 0 fully saturated rings. The van der Waals surface area contributed by atoms with E-state index >= 15 is 0 Å². The first kappa shape index (κ1) is 11.8. The lowest BCUT2D eigenvalue weighted by Crippen LogP contribution is -2.06. The third-order valence-electron chi connectivity index (χ3n) is 2.45. The molecule has 0 bridgehead atoms. The number of hydrogen-bond acceptors (Lipinski definition) is 1. The highest BCUT2D eigenvalue weighted by atomic mass is 35.5. The molecule has 0 atom stereocenters. The minimum absolute atomic E-state index is 0.0296. The van der Waals surface area contributed by atoms with E-state index in [9.17, 15) is 9.18 Å². The van der Waals surface area contributed by atoms with Gasteiger partial charge in [0.2, 0.25) is 0 Å². The molecule has 0 heterocycles. The maximum absolute atomic E-state index is 13.5. The summed E-state index contributed by atoms with van der Waals surface area (Å²) >= 11 is 5.83. The highest BCUT2D eigenvalue weighted by molar-refractivity contribution is 6.34. The molecule has 3 heteroatoms. The van der Waals surface area contributed by atoms with Crippen molar-refractivity contribution in [1.29, 1.82) is 0 Å². The zero-order chi connectivity index (χ0) is 12.3. The Labute approximate surface area is 104 Å². The van der Waals surface area contributed by atoms with Crippen molar-refractivity contribution in [3.63, 3.8) is 0 Å². The van der Waals surface area contributed by atoms with Gasteiger partial charge in [-0.15, -0.1) is 0 Å². The highest BCUT2D eigenvalue weighted by Crippen LogP contribution is 2.20. The first-order chi connectivity index (χ1) is 8.18. The number of hydrogen-bond donors (Lipinski definition) is 0.